The molecular formula is C40H43N5O12S. The molecule has 17 nitrogen and oxygen atoms in total. The number of hydrogen-bond donors (Lipinski definition) is 6. The quantitative estimate of drug-likeness (QED) is 0.0702. The van der Waals surface area contributed by atoms with Crippen LogP contribution in [-0.4, -0.2) is 83.5 Å². The van der Waals surface area contributed by atoms with Crippen molar-refractivity contribution in [3.8, 4) is 5.75 Å². The summed E-state index contributed by atoms with van der Waals surface area (Å²) in [5.74, 6) is -6.32. The van der Waals surface area contributed by atoms with E-state index in [4.69, 9.17) is 8.92 Å². The fraction of sp³-hybridized carbons (Fsp3) is 0.275. The lowest BCUT2D eigenvalue weighted by molar-refractivity contribution is -0.140. The lowest BCUT2D eigenvalue weighted by Crippen LogP contribution is -2.59. The molecular weight excluding hydrogens is 775 g/mol. The van der Waals surface area contributed by atoms with Crippen LogP contribution in [0, 0.1) is 5.92 Å². The summed E-state index contributed by atoms with van der Waals surface area (Å²) in [6.07, 6.45) is -2.03. The predicted octanol–water partition coefficient (Wildman–Crippen LogP) is 3.05. The van der Waals surface area contributed by atoms with Crippen molar-refractivity contribution in [2.24, 2.45) is 5.92 Å². The van der Waals surface area contributed by atoms with E-state index in [9.17, 15) is 47.4 Å². The second-order valence-electron chi connectivity index (χ2n) is 13.3. The molecule has 1 unspecified atom stereocenters. The number of fused-ring (bicyclic) bond motifs is 1. The summed E-state index contributed by atoms with van der Waals surface area (Å²) >= 11 is 0. The number of para-hydroxylation sites is 2. The Hall–Kier alpha value is -6.82. The smallest absolute Gasteiger partial charge is 0.408 e. The van der Waals surface area contributed by atoms with Gasteiger partial charge in [0.05, 0.1) is 29.8 Å². The summed E-state index contributed by atoms with van der Waals surface area (Å²) in [5, 5.41) is 30.2. The van der Waals surface area contributed by atoms with Crippen LogP contribution in [-0.2, 0) is 51.9 Å². The third-order valence-electron chi connectivity index (χ3n) is 8.30. The summed E-state index contributed by atoms with van der Waals surface area (Å²) in [7, 11) is -4.37. The molecule has 3 aromatic carbocycles. The lowest BCUT2D eigenvalue weighted by atomic mass is 10.0. The van der Waals surface area contributed by atoms with Gasteiger partial charge in [0.15, 0.2) is 0 Å². The van der Waals surface area contributed by atoms with Gasteiger partial charge in [-0.25, -0.2) is 4.79 Å². The molecule has 0 aliphatic rings. The van der Waals surface area contributed by atoms with Crippen molar-refractivity contribution in [3.63, 3.8) is 0 Å². The van der Waals surface area contributed by atoms with Crippen molar-refractivity contribution in [3.05, 3.63) is 120 Å². The van der Waals surface area contributed by atoms with Crippen molar-refractivity contribution in [2.75, 3.05) is 0 Å². The number of amides is 4. The van der Waals surface area contributed by atoms with E-state index in [1.54, 1.807) is 86.6 Å². The topological polar surface area (TPSA) is 256 Å². The molecule has 1 aromatic heterocycles. The van der Waals surface area contributed by atoms with Crippen LogP contribution in [0.15, 0.2) is 109 Å². The third-order valence-corrected chi connectivity index (χ3v) is 9.22. The van der Waals surface area contributed by atoms with E-state index in [1.165, 1.54) is 12.1 Å². The molecule has 4 aromatic rings. The molecule has 18 heteroatoms. The van der Waals surface area contributed by atoms with Crippen LogP contribution in [0.4, 0.5) is 4.79 Å². The Bertz CT molecular complexity index is 2220. The number of carbonyl (C=O) groups is 6. The molecule has 58 heavy (non-hydrogen) atoms. The summed E-state index contributed by atoms with van der Waals surface area (Å²) < 4.78 is 35.3. The van der Waals surface area contributed by atoms with Gasteiger partial charge in [0.2, 0.25) is 17.7 Å². The van der Waals surface area contributed by atoms with Crippen molar-refractivity contribution in [1.82, 2.24) is 26.3 Å². The second kappa shape index (κ2) is 20.9. The first-order chi connectivity index (χ1) is 27.6. The normalized spacial score (nSPS) is 13.4. The van der Waals surface area contributed by atoms with Crippen LogP contribution in [0.5, 0.6) is 5.75 Å². The predicted molar refractivity (Wildman–Crippen MR) is 209 cm³/mol. The molecule has 0 aliphatic carbocycles. The highest BCUT2D eigenvalue weighted by Crippen LogP contribution is 2.15. The summed E-state index contributed by atoms with van der Waals surface area (Å²) in [6, 6.07) is 20.7. The fourth-order valence-corrected chi connectivity index (χ4v) is 6.27. The van der Waals surface area contributed by atoms with Gasteiger partial charge in [-0.3, -0.25) is 29.0 Å². The molecule has 6 N–H and O–H groups in total. The molecule has 306 valence electrons. The number of ether oxygens (including phenoxy) is 1. The van der Waals surface area contributed by atoms with E-state index in [0.717, 1.165) is 11.5 Å². The average molecular weight is 818 g/mol. The highest BCUT2D eigenvalue weighted by Gasteiger charge is 2.33. The zero-order chi connectivity index (χ0) is 42.2. The molecule has 0 aliphatic heterocycles. The molecule has 0 saturated heterocycles. The van der Waals surface area contributed by atoms with E-state index in [2.05, 4.69) is 26.3 Å². The minimum atomic E-state index is -4.37. The number of alkyl carbamates (subject to hydrolysis) is 1. The summed E-state index contributed by atoms with van der Waals surface area (Å²) in [4.78, 5) is 81.9. The Balaban J connectivity index is 1.55. The molecule has 0 saturated carbocycles. The molecule has 0 fully saturated rings. The number of carboxylic acids is 2. The number of carbonyl (C=O) groups excluding carboxylic acids is 4. The van der Waals surface area contributed by atoms with Gasteiger partial charge in [0, 0.05) is 17.5 Å². The third kappa shape index (κ3) is 14.4. The Morgan fingerprint density at radius 3 is 1.98 bits per heavy atom. The van der Waals surface area contributed by atoms with Crippen LogP contribution >= 0.6 is 0 Å². The van der Waals surface area contributed by atoms with Gasteiger partial charge in [-0.2, -0.15) is 8.42 Å². The van der Waals surface area contributed by atoms with Gasteiger partial charge in [0.25, 0.3) is 0 Å². The zero-order valence-corrected chi connectivity index (χ0v) is 32.3. The maximum atomic E-state index is 14.0. The highest BCUT2D eigenvalue weighted by molar-refractivity contribution is 7.90. The van der Waals surface area contributed by atoms with Crippen LogP contribution in [0.2, 0.25) is 0 Å². The fourth-order valence-electron chi connectivity index (χ4n) is 5.45. The SMILES string of the molecule is CC(C)[C@H](NC(=O)[C@H](Cc1ccc2ccccc2n1)NC(=O)[C@H](CC(=O)O)NC(=O)OCc1ccccc1)C(=O)NC(/C=C/S(=O)(=O)Oc1ccccc1)CC(=O)O. The maximum absolute atomic E-state index is 14.0. The van der Waals surface area contributed by atoms with Crippen molar-refractivity contribution >= 4 is 56.8 Å². The van der Waals surface area contributed by atoms with Gasteiger partial charge < -0.3 is 40.4 Å². The number of pyridine rings is 1. The maximum Gasteiger partial charge on any atom is 0.408 e. The largest absolute Gasteiger partial charge is 0.481 e. The molecule has 1 heterocycles. The molecule has 4 atom stereocenters. The molecule has 0 radical (unpaired) electrons. The molecule has 4 rings (SSSR count). The van der Waals surface area contributed by atoms with Crippen LogP contribution < -0.4 is 25.5 Å². The number of benzene rings is 3. The number of aromatic nitrogens is 1. The number of aliphatic carboxylic acids is 2. The zero-order valence-electron chi connectivity index (χ0n) is 31.4. The number of nitrogens with zero attached hydrogens (tertiary/aromatic N) is 1. The number of hydrogen-bond acceptors (Lipinski definition) is 11. The van der Waals surface area contributed by atoms with Gasteiger partial charge in [-0.1, -0.05) is 86.6 Å². The molecule has 0 spiro atoms. The minimum absolute atomic E-state index is 0.00198. The van der Waals surface area contributed by atoms with Gasteiger partial charge in [-0.05, 0) is 41.8 Å². The second-order valence-corrected chi connectivity index (χ2v) is 14.7. The van der Waals surface area contributed by atoms with Crippen molar-refractivity contribution in [1.29, 1.82) is 0 Å². The standard InChI is InChI=1S/C40H43N5O12S/c1-25(2)36(39(52)42-29(22-34(46)47)19-20-58(54,55)57-30-14-7-4-8-15-30)45-38(51)32(21-28-18-17-27-13-9-10-16-31(27)41-28)43-37(50)33(23-35(48)49)44-40(53)56-24-26-11-5-3-6-12-26/h3-20,25,29,32-33,36H,21-24H2,1-2H3,(H,42,52)(H,43,50)(H,44,53)(H,45,51)(H,46,47)(H,48,49)/b20-19+/t29?,32-,33-,36-/m0/s1. The minimum Gasteiger partial charge on any atom is -0.481 e. The highest BCUT2D eigenvalue weighted by atomic mass is 32.2. The Kier molecular flexibility index (Phi) is 15.8. The average Bonchev–Trinajstić information content (AvgIpc) is 3.17. The van der Waals surface area contributed by atoms with E-state index >= 15 is 0 Å². The van der Waals surface area contributed by atoms with Crippen LogP contribution in [0.3, 0.4) is 0 Å². The van der Waals surface area contributed by atoms with Crippen molar-refractivity contribution < 1.29 is 56.3 Å². The van der Waals surface area contributed by atoms with Gasteiger partial charge in [-0.15, -0.1) is 0 Å². The summed E-state index contributed by atoms with van der Waals surface area (Å²) in [6.45, 7) is 2.99. The Labute approximate surface area is 334 Å². The summed E-state index contributed by atoms with van der Waals surface area (Å²) in [5.41, 5.74) is 1.54. The Morgan fingerprint density at radius 1 is 0.707 bits per heavy atom. The van der Waals surface area contributed by atoms with Crippen LogP contribution in [0.1, 0.15) is 37.9 Å². The van der Waals surface area contributed by atoms with E-state index < -0.39 is 88.8 Å². The number of carboxylic acid groups (broad SMARTS) is 2. The first kappa shape index (κ1) is 43.9. The van der Waals surface area contributed by atoms with Gasteiger partial charge >= 0.3 is 28.1 Å². The van der Waals surface area contributed by atoms with E-state index in [-0.39, 0.29) is 18.8 Å². The number of nitrogens with one attached hydrogen (secondary N) is 4. The molecule has 4 amide bonds. The Morgan fingerprint density at radius 2 is 1.33 bits per heavy atom. The first-order valence-corrected chi connectivity index (χ1v) is 19.4. The molecule has 0 bridgehead atoms. The first-order valence-electron chi connectivity index (χ1n) is 17.9. The van der Waals surface area contributed by atoms with E-state index in [0.29, 0.717) is 22.2 Å². The monoisotopic (exact) mass is 817 g/mol. The van der Waals surface area contributed by atoms with Gasteiger partial charge in [0.1, 0.15) is 30.5 Å². The van der Waals surface area contributed by atoms with Crippen molar-refractivity contribution in [2.45, 2.75) is 63.9 Å². The van der Waals surface area contributed by atoms with E-state index in [1.807, 2.05) is 12.1 Å². The van der Waals surface area contributed by atoms with Crippen LogP contribution in [0.25, 0.3) is 10.9 Å². The lowest BCUT2D eigenvalue weighted by Gasteiger charge is -2.27. The number of rotatable bonds is 20.